The lowest BCUT2D eigenvalue weighted by Crippen LogP contribution is -2.21. The largest absolute Gasteiger partial charge is 0.508 e. The Labute approximate surface area is 85.8 Å². The molecule has 0 aromatic rings. The summed E-state index contributed by atoms with van der Waals surface area (Å²) < 4.78 is 9.97. The van der Waals surface area contributed by atoms with Gasteiger partial charge in [0.25, 0.3) is 0 Å². The highest BCUT2D eigenvalue weighted by Gasteiger charge is 2.18. The number of ether oxygens (including phenoxy) is 2. The lowest BCUT2D eigenvalue weighted by molar-refractivity contribution is 0.0205. The lowest BCUT2D eigenvalue weighted by Gasteiger charge is -2.21. The molecule has 1 aliphatic rings. The third kappa shape index (κ3) is 4.49. The summed E-state index contributed by atoms with van der Waals surface area (Å²) in [7, 11) is 0. The van der Waals surface area contributed by atoms with Crippen LogP contribution in [0.2, 0.25) is 0 Å². The van der Waals surface area contributed by atoms with Crippen LogP contribution in [-0.2, 0) is 9.47 Å². The van der Waals surface area contributed by atoms with Crippen LogP contribution in [0.5, 0.6) is 0 Å². The Kier molecular flexibility index (Phi) is 4.77. The van der Waals surface area contributed by atoms with Crippen LogP contribution in [0.3, 0.4) is 0 Å². The molecule has 1 aliphatic carbocycles. The summed E-state index contributed by atoms with van der Waals surface area (Å²) in [5.74, 6) is 0.244. The van der Waals surface area contributed by atoms with Crippen molar-refractivity contribution in [1.29, 1.82) is 0 Å². The van der Waals surface area contributed by atoms with Gasteiger partial charge in [-0.2, -0.15) is 0 Å². The van der Waals surface area contributed by atoms with Crippen molar-refractivity contribution in [2.24, 2.45) is 5.92 Å². The maximum Gasteiger partial charge on any atom is 0.508 e. The molecule has 0 atom stereocenters. The Morgan fingerprint density at radius 3 is 2.50 bits per heavy atom. The first-order valence-electron chi connectivity index (χ1n) is 5.39. The first kappa shape index (κ1) is 11.3. The molecule has 0 heterocycles. The fourth-order valence-corrected chi connectivity index (χ4v) is 1.54. The van der Waals surface area contributed by atoms with Gasteiger partial charge in [-0.05, 0) is 31.6 Å². The van der Waals surface area contributed by atoms with Crippen molar-refractivity contribution in [3.05, 3.63) is 6.61 Å². The molecule has 81 valence electrons. The topological polar surface area (TPSA) is 35.5 Å². The van der Waals surface area contributed by atoms with E-state index in [1.165, 1.54) is 13.0 Å². The van der Waals surface area contributed by atoms with Crippen LogP contribution in [0.1, 0.15) is 46.0 Å². The molecule has 14 heavy (non-hydrogen) atoms. The third-order valence-corrected chi connectivity index (χ3v) is 2.25. The average molecular weight is 199 g/mol. The summed E-state index contributed by atoms with van der Waals surface area (Å²) in [4.78, 5) is 11.1. The standard InChI is InChI=1S/C11H19O3/c1-9(2)8-13-11(12)14-10-6-4-3-5-7-10/h8-10H,3-7H2,1-2H3. The fourth-order valence-electron chi connectivity index (χ4n) is 1.54. The molecule has 0 aromatic carbocycles. The summed E-state index contributed by atoms with van der Waals surface area (Å²) in [6, 6.07) is 0. The number of hydrogen-bond acceptors (Lipinski definition) is 3. The van der Waals surface area contributed by atoms with E-state index in [4.69, 9.17) is 9.47 Å². The first-order valence-corrected chi connectivity index (χ1v) is 5.39. The Morgan fingerprint density at radius 2 is 1.93 bits per heavy atom. The van der Waals surface area contributed by atoms with E-state index in [1.54, 1.807) is 0 Å². The molecule has 0 N–H and O–H groups in total. The van der Waals surface area contributed by atoms with Gasteiger partial charge in [0.15, 0.2) is 0 Å². The van der Waals surface area contributed by atoms with E-state index in [0.717, 1.165) is 25.7 Å². The minimum atomic E-state index is -0.550. The molecule has 0 unspecified atom stereocenters. The first-order chi connectivity index (χ1) is 6.68. The molecule has 3 nitrogen and oxygen atoms in total. The predicted molar refractivity (Wildman–Crippen MR) is 53.6 cm³/mol. The lowest BCUT2D eigenvalue weighted by atomic mass is 9.98. The third-order valence-electron chi connectivity index (χ3n) is 2.25. The quantitative estimate of drug-likeness (QED) is 0.654. The molecule has 3 heteroatoms. The van der Waals surface area contributed by atoms with Gasteiger partial charge < -0.3 is 9.47 Å². The molecule has 0 saturated heterocycles. The zero-order chi connectivity index (χ0) is 10.4. The molecular weight excluding hydrogens is 180 g/mol. The highest BCUT2D eigenvalue weighted by molar-refractivity contribution is 5.60. The fraction of sp³-hybridized carbons (Fsp3) is 0.818. The van der Waals surface area contributed by atoms with Gasteiger partial charge in [0, 0.05) is 0 Å². The Balaban J connectivity index is 2.12. The molecule has 0 aromatic heterocycles. The van der Waals surface area contributed by atoms with Gasteiger partial charge in [0.1, 0.15) is 12.7 Å². The number of hydrogen-bond donors (Lipinski definition) is 0. The monoisotopic (exact) mass is 199 g/mol. The van der Waals surface area contributed by atoms with Crippen molar-refractivity contribution >= 4 is 6.16 Å². The van der Waals surface area contributed by atoms with E-state index >= 15 is 0 Å². The maximum atomic E-state index is 11.1. The van der Waals surface area contributed by atoms with Gasteiger partial charge in [0.05, 0.1) is 0 Å². The second-order valence-electron chi connectivity index (χ2n) is 4.13. The summed E-state index contributed by atoms with van der Waals surface area (Å²) >= 11 is 0. The minimum Gasteiger partial charge on any atom is -0.431 e. The highest BCUT2D eigenvalue weighted by Crippen LogP contribution is 2.20. The van der Waals surface area contributed by atoms with Crippen LogP contribution in [-0.4, -0.2) is 12.3 Å². The van der Waals surface area contributed by atoms with Crippen molar-refractivity contribution < 1.29 is 14.3 Å². The van der Waals surface area contributed by atoms with Gasteiger partial charge in [-0.3, -0.25) is 0 Å². The molecule has 1 rings (SSSR count). The predicted octanol–water partition coefficient (Wildman–Crippen LogP) is 3.29. The van der Waals surface area contributed by atoms with E-state index in [0.29, 0.717) is 0 Å². The van der Waals surface area contributed by atoms with E-state index in [2.05, 4.69) is 0 Å². The van der Waals surface area contributed by atoms with Crippen LogP contribution in [0.4, 0.5) is 4.79 Å². The Bertz CT molecular complexity index is 171. The second kappa shape index (κ2) is 5.89. The number of rotatable bonds is 3. The Morgan fingerprint density at radius 1 is 1.29 bits per heavy atom. The van der Waals surface area contributed by atoms with Crippen molar-refractivity contribution in [2.75, 3.05) is 0 Å². The summed E-state index contributed by atoms with van der Waals surface area (Å²) in [6.07, 6.45) is 5.07. The average Bonchev–Trinajstić information content (AvgIpc) is 2.16. The molecule has 1 saturated carbocycles. The SMILES string of the molecule is CC(C)[CH]OC(=O)OC1CCCCC1. The van der Waals surface area contributed by atoms with Crippen LogP contribution < -0.4 is 0 Å². The zero-order valence-corrected chi connectivity index (χ0v) is 8.99. The second-order valence-corrected chi connectivity index (χ2v) is 4.13. The van der Waals surface area contributed by atoms with Gasteiger partial charge in [-0.1, -0.05) is 20.3 Å². The molecule has 0 bridgehead atoms. The number of carbonyl (C=O) groups is 1. The van der Waals surface area contributed by atoms with Gasteiger partial charge in [0.2, 0.25) is 0 Å². The molecule has 0 aliphatic heterocycles. The molecule has 0 amide bonds. The molecular formula is C11H19O3. The normalized spacial score (nSPS) is 18.2. The highest BCUT2D eigenvalue weighted by atomic mass is 16.7. The molecule has 0 spiro atoms. The smallest absolute Gasteiger partial charge is 0.431 e. The van der Waals surface area contributed by atoms with Crippen LogP contribution in [0, 0.1) is 12.5 Å². The summed E-state index contributed by atoms with van der Waals surface area (Å²) in [5.41, 5.74) is 0. The Hall–Kier alpha value is -0.730. The van der Waals surface area contributed by atoms with E-state index in [-0.39, 0.29) is 12.0 Å². The van der Waals surface area contributed by atoms with Crippen LogP contribution >= 0.6 is 0 Å². The van der Waals surface area contributed by atoms with Crippen molar-refractivity contribution in [2.45, 2.75) is 52.1 Å². The van der Waals surface area contributed by atoms with Crippen LogP contribution in [0.25, 0.3) is 0 Å². The number of carbonyl (C=O) groups excluding carboxylic acids is 1. The minimum absolute atomic E-state index is 0.0804. The molecule has 1 fully saturated rings. The van der Waals surface area contributed by atoms with Gasteiger partial charge in [-0.25, -0.2) is 4.79 Å². The zero-order valence-electron chi connectivity index (χ0n) is 8.99. The van der Waals surface area contributed by atoms with Gasteiger partial charge in [-0.15, -0.1) is 0 Å². The summed E-state index contributed by atoms with van der Waals surface area (Å²) in [5, 5.41) is 0. The summed E-state index contributed by atoms with van der Waals surface area (Å²) in [6.45, 7) is 5.41. The maximum absolute atomic E-state index is 11.1. The molecule has 1 radical (unpaired) electrons. The van der Waals surface area contributed by atoms with E-state index in [1.807, 2.05) is 13.8 Å². The van der Waals surface area contributed by atoms with Crippen LogP contribution in [0.15, 0.2) is 0 Å². The van der Waals surface area contributed by atoms with Crippen molar-refractivity contribution in [1.82, 2.24) is 0 Å². The van der Waals surface area contributed by atoms with Crippen molar-refractivity contribution in [3.8, 4) is 0 Å². The van der Waals surface area contributed by atoms with Crippen molar-refractivity contribution in [3.63, 3.8) is 0 Å². The van der Waals surface area contributed by atoms with Gasteiger partial charge >= 0.3 is 6.16 Å². The van der Waals surface area contributed by atoms with E-state index in [9.17, 15) is 4.79 Å². The van der Waals surface area contributed by atoms with E-state index < -0.39 is 6.16 Å².